The van der Waals surface area contributed by atoms with E-state index in [0.29, 0.717) is 10.7 Å². The molecular formula is C19H19N3O5S2. The Balaban J connectivity index is 1.71. The number of rotatable bonds is 7. The van der Waals surface area contributed by atoms with Crippen LogP contribution in [0.25, 0.3) is 10.6 Å². The van der Waals surface area contributed by atoms with Crippen LogP contribution in [0, 0.1) is 0 Å². The smallest absolute Gasteiger partial charge is 0.275 e. The molecule has 1 amide bonds. The monoisotopic (exact) mass is 433 g/mol. The van der Waals surface area contributed by atoms with Crippen LogP contribution in [0.3, 0.4) is 0 Å². The Morgan fingerprint density at radius 2 is 1.72 bits per heavy atom. The van der Waals surface area contributed by atoms with Gasteiger partial charge in [-0.25, -0.2) is 13.4 Å². The highest BCUT2D eigenvalue weighted by atomic mass is 32.2. The molecule has 0 saturated heterocycles. The van der Waals surface area contributed by atoms with E-state index in [0.717, 1.165) is 15.8 Å². The molecule has 0 aliphatic heterocycles. The van der Waals surface area contributed by atoms with Crippen LogP contribution in [0.1, 0.15) is 10.5 Å². The molecule has 0 unspecified atom stereocenters. The third-order valence-electron chi connectivity index (χ3n) is 4.08. The Kier molecular flexibility index (Phi) is 6.28. The van der Waals surface area contributed by atoms with Crippen LogP contribution in [0.2, 0.25) is 0 Å². The van der Waals surface area contributed by atoms with Crippen LogP contribution in [0.5, 0.6) is 5.75 Å². The fourth-order valence-corrected chi connectivity index (χ4v) is 4.18. The van der Waals surface area contributed by atoms with Crippen molar-refractivity contribution in [2.24, 2.45) is 0 Å². The predicted molar refractivity (Wildman–Crippen MR) is 110 cm³/mol. The number of aromatic nitrogens is 1. The molecule has 8 nitrogen and oxygen atoms in total. The number of sulfonamides is 1. The summed E-state index contributed by atoms with van der Waals surface area (Å²) in [6.45, 7) is 0. The van der Waals surface area contributed by atoms with E-state index in [-0.39, 0.29) is 16.5 Å². The lowest BCUT2D eigenvalue weighted by molar-refractivity contribution is -0.0258. The van der Waals surface area contributed by atoms with Gasteiger partial charge >= 0.3 is 0 Å². The SMILES string of the molecule is COc1ccc(-c2nc(C(=O)Nc3ccc(S(=O)(=O)N(C)OC)cc3)cs2)cc1. The molecule has 0 aliphatic rings. The fourth-order valence-electron chi connectivity index (χ4n) is 2.40. The molecule has 0 bridgehead atoms. The number of hydrogen-bond acceptors (Lipinski definition) is 7. The number of benzene rings is 2. The number of hydroxylamine groups is 1. The quantitative estimate of drug-likeness (QED) is 0.575. The molecule has 0 saturated carbocycles. The molecule has 0 aliphatic carbocycles. The van der Waals surface area contributed by atoms with Crippen molar-refractivity contribution in [3.63, 3.8) is 0 Å². The average Bonchev–Trinajstić information content (AvgIpc) is 3.24. The molecule has 2 aromatic carbocycles. The number of ether oxygens (including phenoxy) is 1. The van der Waals surface area contributed by atoms with E-state index >= 15 is 0 Å². The van der Waals surface area contributed by atoms with Crippen LogP contribution in [0.4, 0.5) is 5.69 Å². The fraction of sp³-hybridized carbons (Fsp3) is 0.158. The normalized spacial score (nSPS) is 11.4. The van der Waals surface area contributed by atoms with E-state index in [9.17, 15) is 13.2 Å². The minimum atomic E-state index is -3.74. The summed E-state index contributed by atoms with van der Waals surface area (Å²) in [5, 5.41) is 5.09. The van der Waals surface area contributed by atoms with Gasteiger partial charge in [-0.2, -0.15) is 0 Å². The van der Waals surface area contributed by atoms with Gasteiger partial charge in [0.05, 0.1) is 19.1 Å². The number of carbonyl (C=O) groups is 1. The second-order valence-corrected chi connectivity index (χ2v) is 8.64. The van der Waals surface area contributed by atoms with E-state index in [2.05, 4.69) is 10.3 Å². The van der Waals surface area contributed by atoms with Gasteiger partial charge in [0.1, 0.15) is 16.5 Å². The van der Waals surface area contributed by atoms with Gasteiger partial charge in [-0.05, 0) is 48.5 Å². The number of carbonyl (C=O) groups excluding carboxylic acids is 1. The minimum Gasteiger partial charge on any atom is -0.497 e. The third-order valence-corrected chi connectivity index (χ3v) is 6.66. The molecule has 0 fully saturated rings. The summed E-state index contributed by atoms with van der Waals surface area (Å²) in [6.07, 6.45) is 0. The molecule has 1 aromatic heterocycles. The Bertz CT molecular complexity index is 1090. The molecule has 3 rings (SSSR count). The molecule has 0 spiro atoms. The highest BCUT2D eigenvalue weighted by molar-refractivity contribution is 7.89. The lowest BCUT2D eigenvalue weighted by Gasteiger charge is -2.14. The van der Waals surface area contributed by atoms with E-state index in [1.807, 2.05) is 24.3 Å². The topological polar surface area (TPSA) is 97.8 Å². The summed E-state index contributed by atoms with van der Waals surface area (Å²) in [5.74, 6) is 0.357. The zero-order valence-electron chi connectivity index (χ0n) is 15.9. The molecule has 10 heteroatoms. The molecule has 0 radical (unpaired) electrons. The van der Waals surface area contributed by atoms with Crippen molar-refractivity contribution in [2.45, 2.75) is 4.90 Å². The lowest BCUT2D eigenvalue weighted by atomic mass is 10.2. The van der Waals surface area contributed by atoms with Crippen molar-refractivity contribution in [1.29, 1.82) is 0 Å². The first kappa shape index (κ1) is 20.9. The maximum absolute atomic E-state index is 12.5. The van der Waals surface area contributed by atoms with Crippen molar-refractivity contribution < 1.29 is 22.8 Å². The molecule has 1 heterocycles. The standard InChI is InChI=1S/C19H19N3O5S2/c1-22(27-3)29(24,25)16-10-6-14(7-11-16)20-18(23)17-12-28-19(21-17)13-4-8-15(26-2)9-5-13/h4-12H,1-3H3,(H,20,23). The van der Waals surface area contributed by atoms with Gasteiger partial charge < -0.3 is 10.1 Å². The first-order valence-corrected chi connectivity index (χ1v) is 10.7. The summed E-state index contributed by atoms with van der Waals surface area (Å²) in [7, 11) is 0.419. The maximum Gasteiger partial charge on any atom is 0.275 e. The van der Waals surface area contributed by atoms with Crippen LogP contribution in [-0.4, -0.2) is 45.0 Å². The van der Waals surface area contributed by atoms with Crippen LogP contribution in [0.15, 0.2) is 58.8 Å². The Morgan fingerprint density at radius 3 is 2.31 bits per heavy atom. The number of nitrogens with zero attached hydrogens (tertiary/aromatic N) is 2. The number of hydrogen-bond donors (Lipinski definition) is 1. The second kappa shape index (κ2) is 8.70. The van der Waals surface area contributed by atoms with Gasteiger partial charge in [-0.15, -0.1) is 11.3 Å². The maximum atomic E-state index is 12.5. The molecule has 29 heavy (non-hydrogen) atoms. The minimum absolute atomic E-state index is 0.0512. The summed E-state index contributed by atoms with van der Waals surface area (Å²) in [4.78, 5) is 21.6. The highest BCUT2D eigenvalue weighted by Gasteiger charge is 2.20. The number of amides is 1. The zero-order valence-corrected chi connectivity index (χ0v) is 17.6. The summed E-state index contributed by atoms with van der Waals surface area (Å²) in [6, 6.07) is 13.2. The van der Waals surface area contributed by atoms with Crippen molar-refractivity contribution in [3.05, 3.63) is 59.6 Å². The van der Waals surface area contributed by atoms with Crippen LogP contribution >= 0.6 is 11.3 Å². The number of nitrogens with one attached hydrogen (secondary N) is 1. The van der Waals surface area contributed by atoms with Gasteiger partial charge in [0.15, 0.2) is 0 Å². The molecule has 1 N–H and O–H groups in total. The molecular weight excluding hydrogens is 414 g/mol. The average molecular weight is 434 g/mol. The van der Waals surface area contributed by atoms with Crippen LogP contribution < -0.4 is 10.1 Å². The van der Waals surface area contributed by atoms with Gasteiger partial charge in [0, 0.05) is 23.7 Å². The summed E-state index contributed by atoms with van der Waals surface area (Å²) >= 11 is 1.36. The second-order valence-electron chi connectivity index (χ2n) is 5.84. The van der Waals surface area contributed by atoms with Crippen molar-refractivity contribution in [3.8, 4) is 16.3 Å². The van der Waals surface area contributed by atoms with E-state index in [1.54, 1.807) is 12.5 Å². The van der Waals surface area contributed by atoms with Crippen molar-refractivity contribution in [1.82, 2.24) is 9.45 Å². The molecule has 152 valence electrons. The third kappa shape index (κ3) is 4.62. The first-order chi connectivity index (χ1) is 13.8. The Labute approximate surface area is 172 Å². The predicted octanol–water partition coefficient (Wildman–Crippen LogP) is 3.25. The summed E-state index contributed by atoms with van der Waals surface area (Å²) in [5.41, 5.74) is 1.61. The van der Waals surface area contributed by atoms with Gasteiger partial charge in [-0.1, -0.05) is 4.47 Å². The first-order valence-electron chi connectivity index (χ1n) is 8.39. The van der Waals surface area contributed by atoms with Gasteiger partial charge in [0.25, 0.3) is 15.9 Å². The van der Waals surface area contributed by atoms with Crippen molar-refractivity contribution in [2.75, 3.05) is 26.6 Å². The van der Waals surface area contributed by atoms with Crippen LogP contribution in [-0.2, 0) is 14.9 Å². The number of methoxy groups -OCH3 is 1. The number of anilines is 1. The van der Waals surface area contributed by atoms with E-state index in [1.165, 1.54) is 49.8 Å². The van der Waals surface area contributed by atoms with E-state index < -0.39 is 10.0 Å². The molecule has 0 atom stereocenters. The van der Waals surface area contributed by atoms with Gasteiger partial charge in [0.2, 0.25) is 0 Å². The van der Waals surface area contributed by atoms with E-state index in [4.69, 9.17) is 9.57 Å². The number of thiazole rings is 1. The Morgan fingerprint density at radius 1 is 1.07 bits per heavy atom. The largest absolute Gasteiger partial charge is 0.497 e. The highest BCUT2D eigenvalue weighted by Crippen LogP contribution is 2.26. The summed E-state index contributed by atoms with van der Waals surface area (Å²) < 4.78 is 30.3. The van der Waals surface area contributed by atoms with Gasteiger partial charge in [-0.3, -0.25) is 9.63 Å². The molecule has 3 aromatic rings. The lowest BCUT2D eigenvalue weighted by Crippen LogP contribution is -2.25. The Hall–Kier alpha value is -2.79. The zero-order chi connectivity index (χ0) is 21.0. The van der Waals surface area contributed by atoms with Crippen molar-refractivity contribution >= 4 is 33.0 Å².